The minimum absolute atomic E-state index is 0.0711. The van der Waals surface area contributed by atoms with E-state index in [2.05, 4.69) is 26.4 Å². The van der Waals surface area contributed by atoms with Crippen molar-refractivity contribution in [1.29, 1.82) is 0 Å². The van der Waals surface area contributed by atoms with Crippen LogP contribution in [0.4, 0.5) is 5.69 Å². The van der Waals surface area contributed by atoms with E-state index in [1.807, 2.05) is 6.92 Å². The lowest BCUT2D eigenvalue weighted by molar-refractivity contribution is -0.129. The molecule has 0 spiro atoms. The van der Waals surface area contributed by atoms with Gasteiger partial charge in [0.2, 0.25) is 6.10 Å². The zero-order chi connectivity index (χ0) is 14.9. The third-order valence-electron chi connectivity index (χ3n) is 2.71. The van der Waals surface area contributed by atoms with Crippen molar-refractivity contribution < 1.29 is 19.5 Å². The number of benzene rings is 1. The van der Waals surface area contributed by atoms with Gasteiger partial charge in [-0.25, -0.2) is 4.79 Å². The van der Waals surface area contributed by atoms with Crippen molar-refractivity contribution in [2.75, 3.05) is 5.32 Å². The highest BCUT2D eigenvalue weighted by Crippen LogP contribution is 2.29. The average molecular weight is 362 g/mol. The van der Waals surface area contributed by atoms with Gasteiger partial charge in [0.05, 0.1) is 5.69 Å². The van der Waals surface area contributed by atoms with Crippen LogP contribution < -0.4 is 5.32 Å². The van der Waals surface area contributed by atoms with Crippen molar-refractivity contribution in [2.45, 2.75) is 19.4 Å². The number of aliphatic carboxylic acids is 1. The van der Waals surface area contributed by atoms with Crippen LogP contribution in [0.2, 0.25) is 5.02 Å². The number of nitrogens with one attached hydrogen (secondary N) is 1. The Morgan fingerprint density at radius 3 is 2.85 bits per heavy atom. The lowest BCUT2D eigenvalue weighted by Crippen LogP contribution is -2.29. The fourth-order valence-electron chi connectivity index (χ4n) is 1.60. The van der Waals surface area contributed by atoms with Gasteiger partial charge in [0.25, 0.3) is 5.91 Å². The number of anilines is 1. The van der Waals surface area contributed by atoms with Gasteiger partial charge in [-0.3, -0.25) is 4.79 Å². The number of carbonyl (C=O) groups excluding carboxylic acids is 1. The predicted molar refractivity (Wildman–Crippen MR) is 77.1 cm³/mol. The topological polar surface area (TPSA) is 88.0 Å². The van der Waals surface area contributed by atoms with Gasteiger partial charge in [0.1, 0.15) is 0 Å². The highest BCUT2D eigenvalue weighted by molar-refractivity contribution is 9.10. The molecule has 106 valence electrons. The Morgan fingerprint density at radius 1 is 1.55 bits per heavy atom. The summed E-state index contributed by atoms with van der Waals surface area (Å²) in [6.45, 7) is 1.84. The quantitative estimate of drug-likeness (QED) is 0.866. The van der Waals surface area contributed by atoms with E-state index in [-0.39, 0.29) is 12.1 Å². The normalized spacial score (nSPS) is 17.4. The number of rotatable bonds is 3. The van der Waals surface area contributed by atoms with E-state index in [9.17, 15) is 9.59 Å². The molecule has 1 heterocycles. The van der Waals surface area contributed by atoms with Crippen LogP contribution in [0.15, 0.2) is 21.8 Å². The summed E-state index contributed by atoms with van der Waals surface area (Å²) in [6.07, 6.45) is -1.02. The largest absolute Gasteiger partial charge is 0.477 e. The Hall–Kier alpha value is -1.60. The van der Waals surface area contributed by atoms with Gasteiger partial charge in [-0.1, -0.05) is 16.8 Å². The molecule has 1 aromatic carbocycles. The van der Waals surface area contributed by atoms with Crippen LogP contribution in [-0.4, -0.2) is 28.8 Å². The van der Waals surface area contributed by atoms with E-state index in [1.54, 1.807) is 12.1 Å². The number of oxime groups is 1. The smallest absolute Gasteiger partial charge is 0.353 e. The first-order valence-electron chi connectivity index (χ1n) is 5.61. The second kappa shape index (κ2) is 5.80. The van der Waals surface area contributed by atoms with Gasteiger partial charge >= 0.3 is 5.97 Å². The second-order valence-corrected chi connectivity index (χ2v) is 5.47. The third kappa shape index (κ3) is 3.10. The molecule has 1 amide bonds. The Kier molecular flexibility index (Phi) is 4.29. The Morgan fingerprint density at radius 2 is 2.25 bits per heavy atom. The van der Waals surface area contributed by atoms with Crippen LogP contribution in [0.3, 0.4) is 0 Å². The molecule has 6 nitrogen and oxygen atoms in total. The van der Waals surface area contributed by atoms with Crippen molar-refractivity contribution in [3.05, 3.63) is 27.2 Å². The van der Waals surface area contributed by atoms with Crippen LogP contribution in [0.25, 0.3) is 0 Å². The summed E-state index contributed by atoms with van der Waals surface area (Å²) >= 11 is 9.31. The maximum Gasteiger partial charge on any atom is 0.353 e. The molecule has 1 aliphatic rings. The van der Waals surface area contributed by atoms with Crippen molar-refractivity contribution in [2.24, 2.45) is 5.16 Å². The first-order chi connectivity index (χ1) is 9.38. The van der Waals surface area contributed by atoms with E-state index in [0.717, 1.165) is 5.56 Å². The summed E-state index contributed by atoms with van der Waals surface area (Å²) in [6, 6.07) is 3.37. The number of carboxylic acid groups (broad SMARTS) is 1. The van der Waals surface area contributed by atoms with E-state index >= 15 is 0 Å². The first kappa shape index (κ1) is 14.8. The van der Waals surface area contributed by atoms with Crippen molar-refractivity contribution in [1.82, 2.24) is 0 Å². The lowest BCUT2D eigenvalue weighted by atomic mass is 10.1. The van der Waals surface area contributed by atoms with E-state index < -0.39 is 18.0 Å². The minimum atomic E-state index is -1.19. The zero-order valence-corrected chi connectivity index (χ0v) is 12.7. The molecule has 1 atom stereocenters. The molecule has 0 saturated carbocycles. The molecule has 2 rings (SSSR count). The first-order valence-corrected chi connectivity index (χ1v) is 6.78. The SMILES string of the molecule is Cc1cc(Br)c(NC(=O)C2CC(C(=O)O)=NO2)cc1Cl. The second-order valence-electron chi connectivity index (χ2n) is 4.21. The van der Waals surface area contributed by atoms with Gasteiger partial charge < -0.3 is 15.3 Å². The number of halogens is 2. The van der Waals surface area contributed by atoms with E-state index in [0.29, 0.717) is 15.2 Å². The Labute approximate surface area is 127 Å². The van der Waals surface area contributed by atoms with E-state index in [4.69, 9.17) is 21.5 Å². The Balaban J connectivity index is 2.07. The summed E-state index contributed by atoms with van der Waals surface area (Å²) in [7, 11) is 0. The zero-order valence-electron chi connectivity index (χ0n) is 10.3. The number of nitrogens with zero attached hydrogens (tertiary/aromatic N) is 1. The van der Waals surface area contributed by atoms with Gasteiger partial charge in [-0.15, -0.1) is 0 Å². The maximum atomic E-state index is 12.0. The molecule has 0 bridgehead atoms. The van der Waals surface area contributed by atoms with Crippen LogP contribution >= 0.6 is 27.5 Å². The van der Waals surface area contributed by atoms with Gasteiger partial charge in [0.15, 0.2) is 5.71 Å². The number of carboxylic acids is 1. The molecule has 0 fully saturated rings. The van der Waals surface area contributed by atoms with Gasteiger partial charge in [-0.05, 0) is 40.5 Å². The number of hydrogen-bond donors (Lipinski definition) is 2. The molecule has 1 unspecified atom stereocenters. The van der Waals surface area contributed by atoms with Crippen molar-refractivity contribution in [3.8, 4) is 0 Å². The van der Waals surface area contributed by atoms with Crippen molar-refractivity contribution in [3.63, 3.8) is 0 Å². The van der Waals surface area contributed by atoms with Crippen LogP contribution in [0.5, 0.6) is 0 Å². The average Bonchev–Trinajstić information content (AvgIpc) is 2.85. The minimum Gasteiger partial charge on any atom is -0.477 e. The number of amides is 1. The molecule has 1 aromatic rings. The maximum absolute atomic E-state index is 12.0. The summed E-state index contributed by atoms with van der Waals surface area (Å²) < 4.78 is 0.671. The highest BCUT2D eigenvalue weighted by Gasteiger charge is 2.31. The summed E-state index contributed by atoms with van der Waals surface area (Å²) in [5.74, 6) is -1.68. The molecule has 8 heteroatoms. The number of aryl methyl sites for hydroxylation is 1. The number of carbonyl (C=O) groups is 2. The highest BCUT2D eigenvalue weighted by atomic mass is 79.9. The molecule has 0 saturated heterocycles. The van der Waals surface area contributed by atoms with E-state index in [1.165, 1.54) is 0 Å². The fourth-order valence-corrected chi connectivity index (χ4v) is 2.32. The molecule has 0 aliphatic carbocycles. The Bertz CT molecular complexity index is 618. The molecular weight excluding hydrogens is 351 g/mol. The third-order valence-corrected chi connectivity index (χ3v) is 3.78. The summed E-state index contributed by atoms with van der Waals surface area (Å²) in [5.41, 5.74) is 1.18. The monoisotopic (exact) mass is 360 g/mol. The van der Waals surface area contributed by atoms with Crippen LogP contribution in [0.1, 0.15) is 12.0 Å². The molecule has 0 radical (unpaired) electrons. The van der Waals surface area contributed by atoms with Gasteiger partial charge in [-0.2, -0.15) is 0 Å². The van der Waals surface area contributed by atoms with Crippen LogP contribution in [0, 0.1) is 6.92 Å². The molecular formula is C12H10BrClN2O4. The fraction of sp³-hybridized carbons (Fsp3) is 0.250. The van der Waals surface area contributed by atoms with Crippen molar-refractivity contribution >= 4 is 50.8 Å². The summed E-state index contributed by atoms with van der Waals surface area (Å²) in [4.78, 5) is 27.5. The number of hydrogen-bond acceptors (Lipinski definition) is 4. The molecule has 2 N–H and O–H groups in total. The van der Waals surface area contributed by atoms with Gasteiger partial charge in [0, 0.05) is 15.9 Å². The molecule has 1 aliphatic heterocycles. The standard InChI is InChI=1S/C12H10BrClN2O4/c1-5-2-6(13)8(3-7(5)14)15-11(17)10-4-9(12(18)19)16-20-10/h2-3,10H,4H2,1H3,(H,15,17)(H,18,19). The predicted octanol–water partition coefficient (Wildman–Crippen LogP) is 2.58. The lowest BCUT2D eigenvalue weighted by Gasteiger charge is -2.12. The summed E-state index contributed by atoms with van der Waals surface area (Å²) in [5, 5.41) is 15.2. The molecule has 20 heavy (non-hydrogen) atoms. The molecule has 0 aromatic heterocycles. The van der Waals surface area contributed by atoms with Crippen LogP contribution in [-0.2, 0) is 14.4 Å².